The van der Waals surface area contributed by atoms with Crippen LogP contribution in [0.15, 0.2) is 218 Å². The van der Waals surface area contributed by atoms with Gasteiger partial charge in [-0.05, 0) is 120 Å². The van der Waals surface area contributed by atoms with Crippen molar-refractivity contribution in [2.45, 2.75) is 6.92 Å². The van der Waals surface area contributed by atoms with E-state index in [0.717, 1.165) is 17.1 Å². The summed E-state index contributed by atoms with van der Waals surface area (Å²) in [5.41, 5.74) is 14.2. The number of rotatable bonds is 7. The molecule has 1 heteroatoms. The zero-order valence-electron chi connectivity index (χ0n) is 31.2. The molecule has 0 saturated heterocycles. The highest BCUT2D eigenvalue weighted by Gasteiger charge is 2.23. The molecule has 10 aromatic carbocycles. The Morgan fingerprint density at radius 3 is 1.68 bits per heavy atom. The van der Waals surface area contributed by atoms with Gasteiger partial charge < -0.3 is 4.90 Å². The molecule has 0 bridgehead atoms. The second-order valence-corrected chi connectivity index (χ2v) is 14.6. The molecule has 10 rings (SSSR count). The lowest BCUT2D eigenvalue weighted by atomic mass is 9.86. The minimum Gasteiger partial charge on any atom is -0.310 e. The Kier molecular flexibility index (Phi) is 8.46. The minimum atomic E-state index is 1.10. The van der Waals surface area contributed by atoms with Gasteiger partial charge in [-0.1, -0.05) is 182 Å². The molecule has 264 valence electrons. The van der Waals surface area contributed by atoms with Crippen molar-refractivity contribution in [1.29, 1.82) is 0 Å². The lowest BCUT2D eigenvalue weighted by Gasteiger charge is -2.30. The third kappa shape index (κ3) is 6.00. The molecule has 0 aliphatic carbocycles. The molecule has 0 aromatic heterocycles. The maximum absolute atomic E-state index is 2.46. The van der Waals surface area contributed by atoms with Gasteiger partial charge in [0, 0.05) is 16.9 Å². The van der Waals surface area contributed by atoms with E-state index in [9.17, 15) is 0 Å². The second kappa shape index (κ2) is 14.2. The first kappa shape index (κ1) is 33.4. The standard InChI is InChI=1S/C55H39N/c1-38-34-45(35-44-22-10-11-25-48(38)44)50-28-15-29-54(55(50)53-33-32-49(41-19-6-3-7-20-41)51-26-12-13-27-52(51)53)56(47-31-30-40-18-8-9-21-42(40)37-47)46-24-14-23-43(36-46)39-16-4-2-5-17-39/h2-37H,1H3. The van der Waals surface area contributed by atoms with Crippen molar-refractivity contribution in [1.82, 2.24) is 0 Å². The fourth-order valence-corrected chi connectivity index (χ4v) is 8.49. The quantitative estimate of drug-likeness (QED) is 0.159. The van der Waals surface area contributed by atoms with Crippen LogP contribution >= 0.6 is 0 Å². The van der Waals surface area contributed by atoms with Crippen LogP contribution in [0.25, 0.3) is 76.8 Å². The van der Waals surface area contributed by atoms with Gasteiger partial charge in [0.2, 0.25) is 0 Å². The van der Waals surface area contributed by atoms with Gasteiger partial charge in [-0.25, -0.2) is 0 Å². The largest absolute Gasteiger partial charge is 0.310 e. The van der Waals surface area contributed by atoms with Crippen LogP contribution in [0.2, 0.25) is 0 Å². The predicted molar refractivity (Wildman–Crippen MR) is 240 cm³/mol. The summed E-state index contributed by atoms with van der Waals surface area (Å²) in [6.45, 7) is 2.23. The monoisotopic (exact) mass is 713 g/mol. The molecule has 0 atom stereocenters. The molecule has 56 heavy (non-hydrogen) atoms. The van der Waals surface area contributed by atoms with E-state index in [1.165, 1.54) is 82.4 Å². The highest BCUT2D eigenvalue weighted by molar-refractivity contribution is 6.11. The fourth-order valence-electron chi connectivity index (χ4n) is 8.49. The van der Waals surface area contributed by atoms with E-state index in [1.807, 2.05) is 0 Å². The molecule has 0 fully saturated rings. The number of anilines is 3. The van der Waals surface area contributed by atoms with E-state index in [2.05, 4.69) is 230 Å². The molecule has 0 heterocycles. The molecule has 0 aliphatic heterocycles. The maximum Gasteiger partial charge on any atom is 0.0546 e. The van der Waals surface area contributed by atoms with Crippen LogP contribution in [0, 0.1) is 6.92 Å². The molecule has 0 radical (unpaired) electrons. The Balaban J connectivity index is 1.30. The van der Waals surface area contributed by atoms with E-state index < -0.39 is 0 Å². The van der Waals surface area contributed by atoms with Gasteiger partial charge in [0.05, 0.1) is 5.69 Å². The first-order valence-corrected chi connectivity index (χ1v) is 19.3. The summed E-state index contributed by atoms with van der Waals surface area (Å²) >= 11 is 0. The van der Waals surface area contributed by atoms with E-state index in [-0.39, 0.29) is 0 Å². The van der Waals surface area contributed by atoms with Gasteiger partial charge in [-0.2, -0.15) is 0 Å². The van der Waals surface area contributed by atoms with Crippen molar-refractivity contribution in [2.24, 2.45) is 0 Å². The zero-order chi connectivity index (χ0) is 37.4. The highest BCUT2D eigenvalue weighted by Crippen LogP contribution is 2.49. The van der Waals surface area contributed by atoms with Crippen LogP contribution < -0.4 is 4.90 Å². The zero-order valence-corrected chi connectivity index (χ0v) is 31.2. The number of hydrogen-bond donors (Lipinski definition) is 0. The van der Waals surface area contributed by atoms with Crippen LogP contribution in [-0.4, -0.2) is 0 Å². The van der Waals surface area contributed by atoms with Gasteiger partial charge in [-0.3, -0.25) is 0 Å². The van der Waals surface area contributed by atoms with Gasteiger partial charge in [0.25, 0.3) is 0 Å². The van der Waals surface area contributed by atoms with Crippen LogP contribution in [-0.2, 0) is 0 Å². The molecular formula is C55H39N. The van der Waals surface area contributed by atoms with Gasteiger partial charge in [0.15, 0.2) is 0 Å². The molecule has 0 saturated carbocycles. The molecule has 0 unspecified atom stereocenters. The first-order valence-electron chi connectivity index (χ1n) is 19.3. The molecule has 10 aromatic rings. The van der Waals surface area contributed by atoms with E-state index in [4.69, 9.17) is 0 Å². The molecular weight excluding hydrogens is 675 g/mol. The van der Waals surface area contributed by atoms with E-state index in [1.54, 1.807) is 0 Å². The Morgan fingerprint density at radius 2 is 0.893 bits per heavy atom. The average molecular weight is 714 g/mol. The topological polar surface area (TPSA) is 3.24 Å². The van der Waals surface area contributed by atoms with Crippen molar-refractivity contribution in [3.05, 3.63) is 224 Å². The second-order valence-electron chi connectivity index (χ2n) is 14.6. The summed E-state index contributed by atoms with van der Waals surface area (Å²) in [4.78, 5) is 2.46. The summed E-state index contributed by atoms with van der Waals surface area (Å²) in [6.07, 6.45) is 0. The molecule has 0 spiro atoms. The van der Waals surface area contributed by atoms with Crippen molar-refractivity contribution in [3.63, 3.8) is 0 Å². The predicted octanol–water partition coefficient (Wildman–Crippen LogP) is 15.6. The minimum absolute atomic E-state index is 1.10. The third-order valence-corrected chi connectivity index (χ3v) is 11.1. The summed E-state index contributed by atoms with van der Waals surface area (Å²) in [5, 5.41) is 7.39. The lowest BCUT2D eigenvalue weighted by molar-refractivity contribution is 1.29. The van der Waals surface area contributed by atoms with Crippen LogP contribution in [0.1, 0.15) is 5.56 Å². The Labute approximate surface area is 328 Å². The molecule has 0 N–H and O–H groups in total. The first-order chi connectivity index (χ1) is 27.7. The normalized spacial score (nSPS) is 11.3. The smallest absolute Gasteiger partial charge is 0.0546 e. The fraction of sp³-hybridized carbons (Fsp3) is 0.0182. The molecule has 0 amide bonds. The van der Waals surface area contributed by atoms with E-state index in [0.29, 0.717) is 0 Å². The van der Waals surface area contributed by atoms with Gasteiger partial charge in [-0.15, -0.1) is 0 Å². The van der Waals surface area contributed by atoms with Crippen LogP contribution in [0.5, 0.6) is 0 Å². The van der Waals surface area contributed by atoms with Crippen molar-refractivity contribution in [3.8, 4) is 44.5 Å². The van der Waals surface area contributed by atoms with E-state index >= 15 is 0 Å². The lowest BCUT2D eigenvalue weighted by Crippen LogP contribution is -2.12. The number of nitrogens with zero attached hydrogens (tertiary/aromatic N) is 1. The summed E-state index contributed by atoms with van der Waals surface area (Å²) in [7, 11) is 0. The third-order valence-electron chi connectivity index (χ3n) is 11.1. The van der Waals surface area contributed by atoms with Crippen molar-refractivity contribution in [2.75, 3.05) is 4.90 Å². The number of aryl methyl sites for hydroxylation is 1. The Hall–Kier alpha value is -7.22. The van der Waals surface area contributed by atoms with Gasteiger partial charge in [0.1, 0.15) is 0 Å². The average Bonchev–Trinajstić information content (AvgIpc) is 3.27. The number of benzene rings is 10. The van der Waals surface area contributed by atoms with Crippen LogP contribution in [0.4, 0.5) is 17.1 Å². The SMILES string of the molecule is Cc1cc(-c2cccc(N(c3cccc(-c4ccccc4)c3)c3ccc4ccccc4c3)c2-c2ccc(-c3ccccc3)c3ccccc23)cc2ccccc12. The molecule has 0 aliphatic rings. The summed E-state index contributed by atoms with van der Waals surface area (Å²) in [6, 6.07) is 79.7. The maximum atomic E-state index is 2.46. The molecule has 1 nitrogen and oxygen atoms in total. The number of hydrogen-bond acceptors (Lipinski definition) is 1. The van der Waals surface area contributed by atoms with Gasteiger partial charge >= 0.3 is 0 Å². The Morgan fingerprint density at radius 1 is 0.304 bits per heavy atom. The van der Waals surface area contributed by atoms with Crippen LogP contribution in [0.3, 0.4) is 0 Å². The highest BCUT2D eigenvalue weighted by atomic mass is 15.1. The van der Waals surface area contributed by atoms with Crippen molar-refractivity contribution < 1.29 is 0 Å². The summed E-state index contributed by atoms with van der Waals surface area (Å²) in [5.74, 6) is 0. The summed E-state index contributed by atoms with van der Waals surface area (Å²) < 4.78 is 0. The number of fused-ring (bicyclic) bond motifs is 3. The Bertz CT molecular complexity index is 3030. The van der Waals surface area contributed by atoms with Crippen molar-refractivity contribution >= 4 is 49.4 Å².